The van der Waals surface area contributed by atoms with Crippen LogP contribution in [-0.4, -0.2) is 27.5 Å². The number of hydrogen-bond acceptors (Lipinski definition) is 5. The smallest absolute Gasteiger partial charge is 0.336 e. The molecule has 4 rings (SSSR count). The van der Waals surface area contributed by atoms with Gasteiger partial charge in [-0.2, -0.15) is 0 Å². The zero-order valence-electron chi connectivity index (χ0n) is 17.8. The number of aliphatic carboxylic acids is 1. The van der Waals surface area contributed by atoms with Crippen LogP contribution >= 0.6 is 11.8 Å². The van der Waals surface area contributed by atoms with Gasteiger partial charge in [-0.15, -0.1) is 0 Å². The highest BCUT2D eigenvalue weighted by Gasteiger charge is 2.31. The summed E-state index contributed by atoms with van der Waals surface area (Å²) in [6.07, 6.45) is 2.06. The summed E-state index contributed by atoms with van der Waals surface area (Å²) in [6.45, 7) is 1.97. The van der Waals surface area contributed by atoms with Gasteiger partial charge in [-0.1, -0.05) is 71.9 Å². The van der Waals surface area contributed by atoms with E-state index in [0.717, 1.165) is 28.5 Å². The highest BCUT2D eigenvalue weighted by molar-refractivity contribution is 8.15. The lowest BCUT2D eigenvalue weighted by Crippen LogP contribution is -2.25. The lowest BCUT2D eigenvalue weighted by molar-refractivity contribution is -0.130. The van der Waals surface area contributed by atoms with E-state index in [1.165, 1.54) is 0 Å². The Hall–Kier alpha value is -3.84. The molecule has 1 heterocycles. The number of imide groups is 1. The maximum Gasteiger partial charge on any atom is 0.336 e. The van der Waals surface area contributed by atoms with Crippen molar-refractivity contribution in [3.8, 4) is 11.5 Å². The van der Waals surface area contributed by atoms with E-state index < -0.39 is 11.2 Å². The van der Waals surface area contributed by atoms with Crippen molar-refractivity contribution in [1.29, 1.82) is 0 Å². The number of amides is 2. The SMILES string of the molecule is Cc1ccc(/C=C(/C(=O)O)c2ccccc2Oc2ccc(CC3SC(=O)NC3=O)cc2)cc1. The van der Waals surface area contributed by atoms with E-state index in [4.69, 9.17) is 4.74 Å². The van der Waals surface area contributed by atoms with E-state index >= 15 is 0 Å². The second-order valence-electron chi connectivity index (χ2n) is 7.60. The van der Waals surface area contributed by atoms with Crippen LogP contribution in [0.1, 0.15) is 22.3 Å². The van der Waals surface area contributed by atoms with E-state index in [1.54, 1.807) is 42.5 Å². The number of para-hydroxylation sites is 1. The number of nitrogens with one attached hydrogen (secondary N) is 1. The molecular weight excluding hydrogens is 438 g/mol. The molecule has 0 saturated carbocycles. The standard InChI is InChI=1S/C26H21NO5S/c1-16-6-8-17(9-7-16)14-21(25(29)30)20-4-2-3-5-22(20)32-19-12-10-18(11-13-19)15-23-24(28)27-26(31)33-23/h2-14,23H,15H2,1H3,(H,29,30)(H,27,28,31)/b21-14+. The Morgan fingerprint density at radius 1 is 1.03 bits per heavy atom. The average molecular weight is 460 g/mol. The second kappa shape index (κ2) is 9.75. The zero-order chi connectivity index (χ0) is 23.4. The normalized spacial score (nSPS) is 15.9. The molecule has 6 nitrogen and oxygen atoms in total. The van der Waals surface area contributed by atoms with Gasteiger partial charge in [0.2, 0.25) is 5.91 Å². The van der Waals surface area contributed by atoms with Gasteiger partial charge in [0.1, 0.15) is 11.5 Å². The largest absolute Gasteiger partial charge is 0.478 e. The van der Waals surface area contributed by atoms with E-state index in [-0.39, 0.29) is 16.7 Å². The number of thioether (sulfide) groups is 1. The van der Waals surface area contributed by atoms with Gasteiger partial charge < -0.3 is 9.84 Å². The first-order valence-corrected chi connectivity index (χ1v) is 11.2. The summed E-state index contributed by atoms with van der Waals surface area (Å²) in [7, 11) is 0. The molecule has 1 aliphatic heterocycles. The van der Waals surface area contributed by atoms with Gasteiger partial charge in [0.25, 0.3) is 5.24 Å². The van der Waals surface area contributed by atoms with Crippen molar-refractivity contribution in [3.05, 3.63) is 95.1 Å². The molecule has 3 aromatic carbocycles. The summed E-state index contributed by atoms with van der Waals surface area (Å²) < 4.78 is 6.02. The van der Waals surface area contributed by atoms with Gasteiger partial charge in [-0.05, 0) is 48.7 Å². The van der Waals surface area contributed by atoms with Crippen molar-refractivity contribution >= 4 is 40.5 Å². The molecule has 3 aromatic rings. The van der Waals surface area contributed by atoms with Gasteiger partial charge in [-0.3, -0.25) is 14.9 Å². The molecule has 2 N–H and O–H groups in total. The Balaban J connectivity index is 1.56. The molecule has 1 saturated heterocycles. The molecule has 1 aliphatic rings. The summed E-state index contributed by atoms with van der Waals surface area (Å²) in [5.41, 5.74) is 3.36. The Morgan fingerprint density at radius 2 is 1.73 bits per heavy atom. The van der Waals surface area contributed by atoms with Gasteiger partial charge >= 0.3 is 5.97 Å². The van der Waals surface area contributed by atoms with Crippen molar-refractivity contribution in [1.82, 2.24) is 5.32 Å². The van der Waals surface area contributed by atoms with Crippen molar-refractivity contribution < 1.29 is 24.2 Å². The molecule has 7 heteroatoms. The predicted octanol–water partition coefficient (Wildman–Crippen LogP) is 5.31. The first kappa shape index (κ1) is 22.4. The van der Waals surface area contributed by atoms with Crippen LogP contribution in [0.3, 0.4) is 0 Å². The number of carboxylic acid groups (broad SMARTS) is 1. The summed E-state index contributed by atoms with van der Waals surface area (Å²) in [5, 5.41) is 11.4. The lowest BCUT2D eigenvalue weighted by Gasteiger charge is -2.13. The molecule has 0 radical (unpaired) electrons. The monoisotopic (exact) mass is 459 g/mol. The van der Waals surface area contributed by atoms with Crippen LogP contribution in [0.4, 0.5) is 4.79 Å². The second-order valence-corrected chi connectivity index (χ2v) is 8.78. The Kier molecular flexibility index (Phi) is 6.60. The number of carboxylic acids is 1. The predicted molar refractivity (Wildman–Crippen MR) is 128 cm³/mol. The molecular formula is C26H21NO5S. The third-order valence-electron chi connectivity index (χ3n) is 5.14. The van der Waals surface area contributed by atoms with Gasteiger partial charge in [0.05, 0.1) is 10.8 Å². The molecule has 0 bridgehead atoms. The number of rotatable bonds is 7. The van der Waals surface area contributed by atoms with Crippen molar-refractivity contribution in [2.75, 3.05) is 0 Å². The van der Waals surface area contributed by atoms with Crippen LogP contribution in [-0.2, 0) is 16.0 Å². The van der Waals surface area contributed by atoms with Crippen molar-refractivity contribution in [3.63, 3.8) is 0 Å². The van der Waals surface area contributed by atoms with Crippen LogP contribution in [0.25, 0.3) is 11.6 Å². The number of aryl methyl sites for hydroxylation is 1. The lowest BCUT2D eigenvalue weighted by atomic mass is 10.0. The highest BCUT2D eigenvalue weighted by atomic mass is 32.2. The summed E-state index contributed by atoms with van der Waals surface area (Å²) >= 11 is 0.992. The van der Waals surface area contributed by atoms with E-state index in [9.17, 15) is 19.5 Å². The van der Waals surface area contributed by atoms with Crippen LogP contribution in [0.5, 0.6) is 11.5 Å². The fourth-order valence-corrected chi connectivity index (χ4v) is 4.28. The Labute approximate surface area is 195 Å². The van der Waals surface area contributed by atoms with E-state index in [0.29, 0.717) is 23.5 Å². The molecule has 2 amide bonds. The van der Waals surface area contributed by atoms with Crippen LogP contribution in [0.15, 0.2) is 72.8 Å². The maximum atomic E-state index is 12.1. The quantitative estimate of drug-likeness (QED) is 0.368. The minimum Gasteiger partial charge on any atom is -0.478 e. The summed E-state index contributed by atoms with van der Waals surface area (Å²) in [6, 6.07) is 21.8. The summed E-state index contributed by atoms with van der Waals surface area (Å²) in [4.78, 5) is 35.2. The fourth-order valence-electron chi connectivity index (χ4n) is 3.42. The van der Waals surface area contributed by atoms with Crippen LogP contribution < -0.4 is 10.1 Å². The van der Waals surface area contributed by atoms with E-state index in [1.807, 2.05) is 43.3 Å². The molecule has 0 spiro atoms. The number of carbonyl (C=O) groups excluding carboxylic acids is 2. The summed E-state index contributed by atoms with van der Waals surface area (Å²) in [5.74, 6) is -0.377. The fraction of sp³-hybridized carbons (Fsp3) is 0.115. The third-order valence-corrected chi connectivity index (χ3v) is 6.12. The van der Waals surface area contributed by atoms with Crippen molar-refractivity contribution in [2.45, 2.75) is 18.6 Å². The number of benzene rings is 3. The first-order valence-electron chi connectivity index (χ1n) is 10.3. The Morgan fingerprint density at radius 3 is 2.36 bits per heavy atom. The zero-order valence-corrected chi connectivity index (χ0v) is 18.6. The van der Waals surface area contributed by atoms with Gasteiger partial charge in [0.15, 0.2) is 0 Å². The molecule has 1 unspecified atom stereocenters. The maximum absolute atomic E-state index is 12.1. The minimum absolute atomic E-state index is 0.125. The topological polar surface area (TPSA) is 92.7 Å². The third kappa shape index (κ3) is 5.51. The van der Waals surface area contributed by atoms with Crippen molar-refractivity contribution in [2.24, 2.45) is 0 Å². The minimum atomic E-state index is -1.05. The molecule has 1 atom stereocenters. The number of carbonyl (C=O) groups is 3. The average Bonchev–Trinajstić information content (AvgIpc) is 3.11. The number of hydrogen-bond donors (Lipinski definition) is 2. The van der Waals surface area contributed by atoms with Gasteiger partial charge in [0, 0.05) is 5.56 Å². The molecule has 0 aliphatic carbocycles. The first-order chi connectivity index (χ1) is 15.9. The molecule has 1 fully saturated rings. The van der Waals surface area contributed by atoms with E-state index in [2.05, 4.69) is 5.32 Å². The molecule has 166 valence electrons. The van der Waals surface area contributed by atoms with Crippen LogP contribution in [0.2, 0.25) is 0 Å². The van der Waals surface area contributed by atoms with Gasteiger partial charge in [-0.25, -0.2) is 4.79 Å². The van der Waals surface area contributed by atoms with Crippen LogP contribution in [0, 0.1) is 6.92 Å². The number of ether oxygens (including phenoxy) is 1. The highest BCUT2D eigenvalue weighted by Crippen LogP contribution is 2.32. The molecule has 33 heavy (non-hydrogen) atoms. The molecule has 0 aromatic heterocycles. The Bertz CT molecular complexity index is 1230.